The quantitative estimate of drug-likeness (QED) is 0.261. The van der Waals surface area contributed by atoms with Gasteiger partial charge in [-0.15, -0.1) is 0 Å². The fourth-order valence-electron chi connectivity index (χ4n) is 0.273. The number of aliphatic hydroxyl groups excluding tert-OH is 1. The molecule has 10 heavy (non-hydrogen) atoms. The first-order chi connectivity index (χ1) is 4.09. The summed E-state index contributed by atoms with van der Waals surface area (Å²) in [4.78, 5) is 9.60. The van der Waals surface area contributed by atoms with E-state index >= 15 is 0 Å². The average molecular weight is 156 g/mol. The zero-order chi connectivity index (χ0) is 7.44. The van der Waals surface area contributed by atoms with E-state index in [-0.39, 0.29) is 36.0 Å². The van der Waals surface area contributed by atoms with Crippen LogP contribution in [0.1, 0.15) is 13.3 Å². The summed E-state index contributed by atoms with van der Waals surface area (Å²) in [6.45, 7) is 1.43. The largest absolute Gasteiger partial charge is 1.00 e. The van der Waals surface area contributed by atoms with Crippen LogP contribution in [0.15, 0.2) is 11.6 Å². The molecule has 0 bridgehead atoms. The second-order valence-electron chi connectivity index (χ2n) is 1.40. The van der Waals surface area contributed by atoms with Gasteiger partial charge in [-0.05, 0) is 0 Å². The number of aliphatic hydroxyl groups is 1. The fraction of sp³-hybridized carbons (Fsp3) is 0.400. The zero-order valence-electron chi connectivity index (χ0n) is 5.85. The van der Waals surface area contributed by atoms with E-state index in [1.165, 1.54) is 6.92 Å². The molecular weight excluding hydrogens is 150 g/mol. The third kappa shape index (κ3) is 3.87. The first kappa shape index (κ1) is 12.6. The monoisotopic (exact) mass is 156 g/mol. The Morgan fingerprint density at radius 3 is 2.20 bits per heavy atom. The van der Waals surface area contributed by atoms with Crippen molar-refractivity contribution in [2.45, 2.75) is 13.3 Å². The van der Waals surface area contributed by atoms with Crippen LogP contribution in [0.3, 0.4) is 0 Å². The molecule has 0 aromatic rings. The van der Waals surface area contributed by atoms with Gasteiger partial charge in [0.25, 0.3) is 0 Å². The van der Waals surface area contributed by atoms with Crippen molar-refractivity contribution in [3.8, 4) is 0 Å². The molecule has 0 aliphatic rings. The summed E-state index contributed by atoms with van der Waals surface area (Å²) < 4.78 is 11.9. The summed E-state index contributed by atoms with van der Waals surface area (Å²) in [5.41, 5.74) is 0. The van der Waals surface area contributed by atoms with Gasteiger partial charge in [0.1, 0.15) is 11.7 Å². The molecule has 0 spiro atoms. The molecule has 52 valence electrons. The SMILES string of the molecule is CC/C(O)=C(\F)C(=O)[O-].[Na+]. The Morgan fingerprint density at radius 2 is 2.10 bits per heavy atom. The van der Waals surface area contributed by atoms with Crippen molar-refractivity contribution in [3.63, 3.8) is 0 Å². The van der Waals surface area contributed by atoms with Crippen LogP contribution in [0.25, 0.3) is 0 Å². The number of carbonyl (C=O) groups is 1. The number of hydrogen-bond donors (Lipinski definition) is 1. The van der Waals surface area contributed by atoms with Gasteiger partial charge in [-0.1, -0.05) is 6.92 Å². The molecule has 0 amide bonds. The predicted molar refractivity (Wildman–Crippen MR) is 26.1 cm³/mol. The number of carboxylic acids is 1. The van der Waals surface area contributed by atoms with Gasteiger partial charge in [-0.3, -0.25) is 0 Å². The number of halogens is 1. The van der Waals surface area contributed by atoms with E-state index in [1.807, 2.05) is 0 Å². The smallest absolute Gasteiger partial charge is 0.542 e. The van der Waals surface area contributed by atoms with E-state index in [4.69, 9.17) is 5.11 Å². The molecule has 0 aromatic heterocycles. The first-order valence-electron chi connectivity index (χ1n) is 2.38. The number of carboxylic acid groups (broad SMARTS) is 1. The Kier molecular flexibility index (Phi) is 7.19. The Balaban J connectivity index is 0. The molecule has 0 rings (SSSR count). The third-order valence-corrected chi connectivity index (χ3v) is 0.767. The van der Waals surface area contributed by atoms with E-state index < -0.39 is 17.6 Å². The summed E-state index contributed by atoms with van der Waals surface area (Å²) in [6.07, 6.45) is -0.0419. The normalized spacial score (nSPS) is 11.4. The second kappa shape index (κ2) is 5.70. The Morgan fingerprint density at radius 1 is 1.70 bits per heavy atom. The number of carbonyl (C=O) groups excluding carboxylic acids is 1. The van der Waals surface area contributed by atoms with Gasteiger partial charge in [0.05, 0.1) is 0 Å². The van der Waals surface area contributed by atoms with Crippen LogP contribution in [-0.4, -0.2) is 11.1 Å². The van der Waals surface area contributed by atoms with Gasteiger partial charge in [0, 0.05) is 6.42 Å². The van der Waals surface area contributed by atoms with Crippen LogP contribution in [0.5, 0.6) is 0 Å². The Hall–Kier alpha value is -0.0600. The molecule has 0 aliphatic carbocycles. The summed E-state index contributed by atoms with van der Waals surface area (Å²) >= 11 is 0. The summed E-state index contributed by atoms with van der Waals surface area (Å²) in [5.74, 6) is -4.35. The van der Waals surface area contributed by atoms with Crippen LogP contribution in [0, 0.1) is 0 Å². The van der Waals surface area contributed by atoms with Gasteiger partial charge >= 0.3 is 29.6 Å². The van der Waals surface area contributed by atoms with Crippen molar-refractivity contribution in [1.82, 2.24) is 0 Å². The molecule has 0 saturated carbocycles. The molecule has 0 atom stereocenters. The maximum atomic E-state index is 11.9. The van der Waals surface area contributed by atoms with Crippen LogP contribution < -0.4 is 34.7 Å². The first-order valence-corrected chi connectivity index (χ1v) is 2.38. The van der Waals surface area contributed by atoms with E-state index in [0.29, 0.717) is 0 Å². The molecule has 0 aliphatic heterocycles. The number of rotatable bonds is 2. The van der Waals surface area contributed by atoms with Gasteiger partial charge in [0.2, 0.25) is 0 Å². The minimum absolute atomic E-state index is 0. The van der Waals surface area contributed by atoms with E-state index in [9.17, 15) is 14.3 Å². The molecule has 0 radical (unpaired) electrons. The van der Waals surface area contributed by atoms with Gasteiger partial charge < -0.3 is 15.0 Å². The van der Waals surface area contributed by atoms with Crippen molar-refractivity contribution in [3.05, 3.63) is 11.6 Å². The molecule has 0 aromatic carbocycles. The van der Waals surface area contributed by atoms with Crippen molar-refractivity contribution in [2.75, 3.05) is 0 Å². The van der Waals surface area contributed by atoms with E-state index in [0.717, 1.165) is 0 Å². The molecular formula is C5H6FNaO3. The van der Waals surface area contributed by atoms with Crippen molar-refractivity contribution in [2.24, 2.45) is 0 Å². The molecule has 0 saturated heterocycles. The Labute approximate surface area is 79.8 Å². The van der Waals surface area contributed by atoms with Crippen LogP contribution in [0.2, 0.25) is 0 Å². The minimum atomic E-state index is -1.98. The van der Waals surface area contributed by atoms with Crippen molar-refractivity contribution >= 4 is 5.97 Å². The average Bonchev–Trinajstić information content (AvgIpc) is 1.84. The summed E-state index contributed by atoms with van der Waals surface area (Å²) in [5, 5.41) is 18.0. The summed E-state index contributed by atoms with van der Waals surface area (Å²) in [6, 6.07) is 0. The third-order valence-electron chi connectivity index (χ3n) is 0.767. The molecule has 0 fully saturated rings. The topological polar surface area (TPSA) is 60.4 Å². The molecule has 0 unspecified atom stereocenters. The number of allylic oxidation sites excluding steroid dienone is 1. The standard InChI is InChI=1S/C5H7FO3.Na/c1-2-3(7)4(6)5(8)9;/h7H,2H2,1H3,(H,8,9);/q;+1/p-1/b4-3+;. The fourth-order valence-corrected chi connectivity index (χ4v) is 0.273. The minimum Gasteiger partial charge on any atom is -0.542 e. The van der Waals surface area contributed by atoms with Crippen molar-refractivity contribution < 1.29 is 49.0 Å². The summed E-state index contributed by atoms with van der Waals surface area (Å²) in [7, 11) is 0. The van der Waals surface area contributed by atoms with Gasteiger partial charge in [0.15, 0.2) is 5.83 Å². The number of hydrogen-bond acceptors (Lipinski definition) is 3. The van der Waals surface area contributed by atoms with Crippen LogP contribution in [0.4, 0.5) is 4.39 Å². The number of aliphatic carboxylic acids is 1. The second-order valence-corrected chi connectivity index (χ2v) is 1.40. The molecule has 1 N–H and O–H groups in total. The maximum Gasteiger partial charge on any atom is 1.00 e. The predicted octanol–water partition coefficient (Wildman–Crippen LogP) is -3.11. The Bertz CT molecular complexity index is 155. The van der Waals surface area contributed by atoms with Crippen LogP contribution in [-0.2, 0) is 4.79 Å². The van der Waals surface area contributed by atoms with Crippen molar-refractivity contribution in [1.29, 1.82) is 0 Å². The van der Waals surface area contributed by atoms with Gasteiger partial charge in [-0.25, -0.2) is 4.39 Å². The van der Waals surface area contributed by atoms with Gasteiger partial charge in [-0.2, -0.15) is 0 Å². The van der Waals surface area contributed by atoms with E-state index in [1.54, 1.807) is 0 Å². The maximum absolute atomic E-state index is 11.9. The van der Waals surface area contributed by atoms with Crippen LogP contribution >= 0.6 is 0 Å². The molecule has 5 heteroatoms. The zero-order valence-corrected chi connectivity index (χ0v) is 7.85. The molecule has 0 heterocycles. The molecule has 3 nitrogen and oxygen atoms in total. The van der Waals surface area contributed by atoms with E-state index in [2.05, 4.69) is 0 Å².